The van der Waals surface area contributed by atoms with Gasteiger partial charge in [0.2, 0.25) is 11.8 Å². The predicted octanol–water partition coefficient (Wildman–Crippen LogP) is 2.61. The topological polar surface area (TPSA) is 96.4 Å². The van der Waals surface area contributed by atoms with Gasteiger partial charge in [0.25, 0.3) is 0 Å². The zero-order valence-electron chi connectivity index (χ0n) is 20.0. The fourth-order valence-corrected chi connectivity index (χ4v) is 5.36. The molecule has 1 unspecified atom stereocenters. The van der Waals surface area contributed by atoms with Crippen LogP contribution in [0.4, 0.5) is 4.79 Å². The van der Waals surface area contributed by atoms with Crippen molar-refractivity contribution in [1.29, 1.82) is 0 Å². The van der Waals surface area contributed by atoms with E-state index in [1.165, 1.54) is 4.90 Å². The average Bonchev–Trinajstić information content (AvgIpc) is 2.85. The van der Waals surface area contributed by atoms with Gasteiger partial charge in [-0.15, -0.1) is 0 Å². The first-order valence-corrected chi connectivity index (χ1v) is 12.2. The molecule has 0 radical (unpaired) electrons. The highest BCUT2D eigenvalue weighted by Crippen LogP contribution is 2.32. The lowest BCUT2D eigenvalue weighted by atomic mass is 9.91. The molecule has 184 valence electrons. The van der Waals surface area contributed by atoms with Gasteiger partial charge in [0.15, 0.2) is 0 Å². The highest BCUT2D eigenvalue weighted by atomic mass is 16.3. The van der Waals surface area contributed by atoms with E-state index in [4.69, 9.17) is 0 Å². The minimum absolute atomic E-state index is 0.0148. The minimum atomic E-state index is -0.831. The second-order valence-electron chi connectivity index (χ2n) is 9.37. The number of aliphatic hydroxyl groups excluding tert-OH is 1. The second kappa shape index (κ2) is 10.5. The number of carbonyl (C=O) groups is 3. The van der Waals surface area contributed by atoms with E-state index in [0.29, 0.717) is 6.54 Å². The summed E-state index contributed by atoms with van der Waals surface area (Å²) in [4.78, 5) is 43.5. The molecule has 4 rings (SSSR count). The number of hydrogen-bond donors (Lipinski definition) is 2. The number of urea groups is 1. The Morgan fingerprint density at radius 3 is 2.53 bits per heavy atom. The van der Waals surface area contributed by atoms with Crippen molar-refractivity contribution in [2.75, 3.05) is 20.1 Å². The van der Waals surface area contributed by atoms with Crippen LogP contribution in [0.2, 0.25) is 0 Å². The summed E-state index contributed by atoms with van der Waals surface area (Å²) in [6, 6.07) is 8.58. The lowest BCUT2D eigenvalue weighted by Gasteiger charge is -2.55. The average molecular weight is 470 g/mol. The Bertz CT molecular complexity index is 930. The van der Waals surface area contributed by atoms with Crippen molar-refractivity contribution in [2.45, 2.75) is 70.2 Å². The Labute approximate surface area is 200 Å². The van der Waals surface area contributed by atoms with Gasteiger partial charge >= 0.3 is 6.03 Å². The van der Waals surface area contributed by atoms with Gasteiger partial charge in [-0.3, -0.25) is 9.59 Å². The molecule has 0 bridgehead atoms. The fourth-order valence-electron chi connectivity index (χ4n) is 5.36. The van der Waals surface area contributed by atoms with Crippen LogP contribution in [0.25, 0.3) is 0 Å². The fraction of sp³-hybridized carbons (Fsp3) is 0.560. The van der Waals surface area contributed by atoms with E-state index in [1.807, 2.05) is 35.2 Å². The van der Waals surface area contributed by atoms with Crippen molar-refractivity contribution < 1.29 is 19.5 Å². The molecule has 2 atom stereocenters. The van der Waals surface area contributed by atoms with Gasteiger partial charge in [-0.25, -0.2) is 14.8 Å². The number of nitrogens with zero attached hydrogens (tertiary/aromatic N) is 4. The van der Waals surface area contributed by atoms with E-state index in [0.717, 1.165) is 37.7 Å². The zero-order chi connectivity index (χ0) is 24.2. The number of nitrogens with one attached hydrogen (secondary N) is 1. The van der Waals surface area contributed by atoms with Crippen molar-refractivity contribution in [3.63, 3.8) is 0 Å². The van der Waals surface area contributed by atoms with Crippen LogP contribution in [-0.2, 0) is 16.1 Å². The summed E-state index contributed by atoms with van der Waals surface area (Å²) in [7, 11) is 1.72. The SMILES string of the molecule is C/C=C(\O)CC1C(=O)N(C2CCCCC2)C[C@H]2N1C(=O)CN(C)N2C(=O)NCc1ccccc1. The second-order valence-corrected chi connectivity index (χ2v) is 9.37. The van der Waals surface area contributed by atoms with Gasteiger partial charge < -0.3 is 20.2 Å². The number of hydrogen-bond acceptors (Lipinski definition) is 5. The summed E-state index contributed by atoms with van der Waals surface area (Å²) in [5.41, 5.74) is 0.974. The van der Waals surface area contributed by atoms with Gasteiger partial charge in [-0.05, 0) is 31.4 Å². The maximum atomic E-state index is 13.6. The van der Waals surface area contributed by atoms with Crippen molar-refractivity contribution >= 4 is 17.8 Å². The molecule has 2 heterocycles. The first-order valence-electron chi connectivity index (χ1n) is 12.2. The molecule has 1 aliphatic carbocycles. The molecule has 3 fully saturated rings. The van der Waals surface area contributed by atoms with Crippen molar-refractivity contribution in [1.82, 2.24) is 25.1 Å². The van der Waals surface area contributed by atoms with Crippen LogP contribution in [0.5, 0.6) is 0 Å². The molecule has 9 nitrogen and oxygen atoms in total. The standard InChI is InChI=1S/C25H35N5O4/c1-3-20(31)14-21-24(33)28(19-12-8-5-9-13-19)16-22-29(21)23(32)17-27(2)30(22)25(34)26-15-18-10-6-4-7-11-18/h3-4,6-7,10-11,19,21-22,31H,5,8-9,12-17H2,1-2H3,(H,26,34)/b20-3-/t21?,22-/m0/s1. The number of allylic oxidation sites excluding steroid dienone is 1. The number of hydrazine groups is 1. The van der Waals surface area contributed by atoms with E-state index < -0.39 is 12.2 Å². The van der Waals surface area contributed by atoms with E-state index in [1.54, 1.807) is 30.1 Å². The van der Waals surface area contributed by atoms with Gasteiger partial charge in [-0.1, -0.05) is 49.6 Å². The molecule has 1 aromatic rings. The molecule has 3 aliphatic rings. The Kier molecular flexibility index (Phi) is 7.41. The van der Waals surface area contributed by atoms with Crippen LogP contribution >= 0.6 is 0 Å². The Balaban J connectivity index is 1.62. The molecule has 2 saturated heterocycles. The van der Waals surface area contributed by atoms with Gasteiger partial charge in [0.05, 0.1) is 18.8 Å². The van der Waals surface area contributed by atoms with E-state index in [9.17, 15) is 19.5 Å². The first kappa shape index (κ1) is 24.1. The molecule has 9 heteroatoms. The number of piperazine rings is 1. The maximum Gasteiger partial charge on any atom is 0.334 e. The third kappa shape index (κ3) is 4.89. The molecule has 4 amide bonds. The van der Waals surface area contributed by atoms with E-state index in [2.05, 4.69) is 5.32 Å². The highest BCUT2D eigenvalue weighted by molar-refractivity contribution is 5.91. The van der Waals surface area contributed by atoms with Crippen LogP contribution in [0, 0.1) is 0 Å². The molecular formula is C25H35N5O4. The quantitative estimate of drug-likeness (QED) is 0.647. The summed E-state index contributed by atoms with van der Waals surface area (Å²) in [5, 5.41) is 16.4. The monoisotopic (exact) mass is 469 g/mol. The Hall–Kier alpha value is -3.07. The lowest BCUT2D eigenvalue weighted by Crippen LogP contribution is -2.76. The maximum absolute atomic E-state index is 13.6. The Morgan fingerprint density at radius 2 is 1.85 bits per heavy atom. The molecule has 2 aliphatic heterocycles. The smallest absolute Gasteiger partial charge is 0.334 e. The van der Waals surface area contributed by atoms with Gasteiger partial charge in [0.1, 0.15) is 12.2 Å². The van der Waals surface area contributed by atoms with Crippen LogP contribution in [0.15, 0.2) is 42.2 Å². The normalized spacial score (nSPS) is 24.9. The summed E-state index contributed by atoms with van der Waals surface area (Å²) < 4.78 is 0. The third-order valence-electron chi connectivity index (χ3n) is 7.13. The van der Waals surface area contributed by atoms with Crippen LogP contribution in [0.1, 0.15) is 51.0 Å². The lowest BCUT2D eigenvalue weighted by molar-refractivity contribution is -0.190. The molecule has 0 spiro atoms. The molecule has 2 N–H and O–H groups in total. The summed E-state index contributed by atoms with van der Waals surface area (Å²) in [5.74, 6) is -0.293. The molecule has 34 heavy (non-hydrogen) atoms. The number of aliphatic hydroxyl groups is 1. The number of amides is 4. The summed E-state index contributed by atoms with van der Waals surface area (Å²) >= 11 is 0. The van der Waals surface area contributed by atoms with Crippen molar-refractivity contribution in [3.05, 3.63) is 47.7 Å². The highest BCUT2D eigenvalue weighted by Gasteiger charge is 2.52. The largest absolute Gasteiger partial charge is 0.513 e. The summed E-state index contributed by atoms with van der Waals surface area (Å²) in [6.45, 7) is 2.32. The Morgan fingerprint density at radius 1 is 1.15 bits per heavy atom. The number of benzene rings is 1. The van der Waals surface area contributed by atoms with Crippen LogP contribution in [-0.4, -0.2) is 81.2 Å². The number of carbonyl (C=O) groups excluding carboxylic acids is 3. The van der Waals surface area contributed by atoms with Crippen LogP contribution in [0.3, 0.4) is 0 Å². The van der Waals surface area contributed by atoms with Crippen molar-refractivity contribution in [2.24, 2.45) is 0 Å². The minimum Gasteiger partial charge on any atom is -0.513 e. The molecule has 1 aromatic carbocycles. The van der Waals surface area contributed by atoms with Crippen LogP contribution < -0.4 is 5.32 Å². The summed E-state index contributed by atoms with van der Waals surface area (Å²) in [6.07, 6.45) is 6.09. The zero-order valence-corrected chi connectivity index (χ0v) is 20.0. The van der Waals surface area contributed by atoms with Gasteiger partial charge in [0, 0.05) is 26.1 Å². The predicted molar refractivity (Wildman–Crippen MR) is 127 cm³/mol. The van der Waals surface area contributed by atoms with E-state index >= 15 is 0 Å². The number of likely N-dealkylation sites (N-methyl/N-ethyl adjacent to an activating group) is 1. The molecule has 1 saturated carbocycles. The number of fused-ring (bicyclic) bond motifs is 1. The molecule has 0 aromatic heterocycles. The van der Waals surface area contributed by atoms with E-state index in [-0.39, 0.29) is 49.2 Å². The first-order chi connectivity index (χ1) is 16.4. The van der Waals surface area contributed by atoms with Crippen molar-refractivity contribution in [3.8, 4) is 0 Å². The van der Waals surface area contributed by atoms with Gasteiger partial charge in [-0.2, -0.15) is 0 Å². The number of rotatable bonds is 5. The molecular weight excluding hydrogens is 434 g/mol. The third-order valence-corrected chi connectivity index (χ3v) is 7.13.